The van der Waals surface area contributed by atoms with Crippen molar-refractivity contribution >= 4 is 0 Å². The molecule has 6 nitrogen and oxygen atoms in total. The molecule has 0 spiro atoms. The van der Waals surface area contributed by atoms with E-state index in [9.17, 15) is 0 Å². The van der Waals surface area contributed by atoms with Crippen molar-refractivity contribution in [2.75, 3.05) is 7.11 Å². The summed E-state index contributed by atoms with van der Waals surface area (Å²) in [4.78, 5) is 2.51. The monoisotopic (exact) mass is 337 g/mol. The van der Waals surface area contributed by atoms with Crippen LogP contribution in [0.5, 0.6) is 5.75 Å². The number of methoxy groups -OCH3 is 1. The second-order valence-corrected chi connectivity index (χ2v) is 6.62. The zero-order chi connectivity index (χ0) is 17.2. The van der Waals surface area contributed by atoms with Crippen molar-refractivity contribution < 1.29 is 4.74 Å². The van der Waals surface area contributed by atoms with Crippen molar-refractivity contribution in [2.24, 2.45) is 7.05 Å². The first-order chi connectivity index (χ1) is 12.2. The molecule has 1 aliphatic carbocycles. The molecule has 0 aliphatic heterocycles. The van der Waals surface area contributed by atoms with Crippen molar-refractivity contribution in [3.63, 3.8) is 0 Å². The summed E-state index contributed by atoms with van der Waals surface area (Å²) in [5, 5.41) is 8.81. The Bertz CT molecular complexity index is 849. The molecule has 0 atom stereocenters. The molecular formula is C19H23N5O. The molecule has 4 rings (SSSR count). The predicted octanol–water partition coefficient (Wildman–Crippen LogP) is 2.78. The largest absolute Gasteiger partial charge is 0.494 e. The minimum atomic E-state index is 0.676. The molecule has 130 valence electrons. The summed E-state index contributed by atoms with van der Waals surface area (Å²) in [5.41, 5.74) is 3.43. The number of para-hydroxylation sites is 2. The van der Waals surface area contributed by atoms with Crippen molar-refractivity contribution in [1.29, 1.82) is 0 Å². The van der Waals surface area contributed by atoms with E-state index < -0.39 is 0 Å². The van der Waals surface area contributed by atoms with E-state index in [1.165, 1.54) is 24.0 Å². The third-order valence-corrected chi connectivity index (χ3v) is 4.56. The molecule has 6 heteroatoms. The van der Waals surface area contributed by atoms with Gasteiger partial charge in [-0.05, 0) is 25.0 Å². The Hall–Kier alpha value is -2.60. The van der Waals surface area contributed by atoms with Gasteiger partial charge in [0.1, 0.15) is 11.4 Å². The Morgan fingerprint density at radius 3 is 2.48 bits per heavy atom. The summed E-state index contributed by atoms with van der Waals surface area (Å²) >= 11 is 0. The van der Waals surface area contributed by atoms with Gasteiger partial charge in [-0.2, -0.15) is 10.2 Å². The molecule has 1 fully saturated rings. The van der Waals surface area contributed by atoms with Crippen molar-refractivity contribution in [1.82, 2.24) is 24.5 Å². The van der Waals surface area contributed by atoms with Gasteiger partial charge < -0.3 is 4.74 Å². The first-order valence-electron chi connectivity index (χ1n) is 8.61. The molecule has 0 N–H and O–H groups in total. The summed E-state index contributed by atoms with van der Waals surface area (Å²) in [5.74, 6) is 0.826. The highest BCUT2D eigenvalue weighted by Gasteiger charge is 2.29. The predicted molar refractivity (Wildman–Crippen MR) is 95.6 cm³/mol. The Morgan fingerprint density at radius 2 is 1.80 bits per heavy atom. The van der Waals surface area contributed by atoms with E-state index >= 15 is 0 Å². The average Bonchev–Trinajstić information content (AvgIpc) is 3.25. The zero-order valence-electron chi connectivity index (χ0n) is 14.7. The van der Waals surface area contributed by atoms with E-state index in [2.05, 4.69) is 27.5 Å². The van der Waals surface area contributed by atoms with Crippen LogP contribution < -0.4 is 4.74 Å². The Morgan fingerprint density at radius 1 is 1.08 bits per heavy atom. The Labute approximate surface area is 147 Å². The van der Waals surface area contributed by atoms with Gasteiger partial charge in [0.25, 0.3) is 0 Å². The summed E-state index contributed by atoms with van der Waals surface area (Å²) in [6.07, 6.45) is 10.6. The lowest BCUT2D eigenvalue weighted by Gasteiger charge is -2.20. The van der Waals surface area contributed by atoms with Crippen LogP contribution in [0.25, 0.3) is 5.69 Å². The van der Waals surface area contributed by atoms with Gasteiger partial charge in [-0.3, -0.25) is 9.58 Å². The van der Waals surface area contributed by atoms with Crippen molar-refractivity contribution in [3.05, 3.63) is 60.2 Å². The van der Waals surface area contributed by atoms with Crippen LogP contribution in [-0.2, 0) is 20.1 Å². The van der Waals surface area contributed by atoms with Gasteiger partial charge in [0, 0.05) is 49.7 Å². The molecule has 1 saturated carbocycles. The smallest absolute Gasteiger partial charge is 0.144 e. The molecule has 0 radical (unpaired) electrons. The molecule has 0 bridgehead atoms. The number of aryl methyl sites for hydroxylation is 1. The first-order valence-corrected chi connectivity index (χ1v) is 8.61. The number of rotatable bonds is 7. The molecule has 2 heterocycles. The molecule has 2 aromatic heterocycles. The summed E-state index contributed by atoms with van der Waals surface area (Å²) in [6.45, 7) is 1.83. The van der Waals surface area contributed by atoms with E-state index in [0.717, 1.165) is 24.5 Å². The third kappa shape index (κ3) is 3.58. The van der Waals surface area contributed by atoms with E-state index in [1.54, 1.807) is 7.11 Å². The SMILES string of the molecule is COc1ccccc1-n1cc(CN(Cc2cnn(C)c2)C2CC2)cn1. The van der Waals surface area contributed by atoms with Crippen LogP contribution in [0.15, 0.2) is 49.1 Å². The fourth-order valence-electron chi connectivity index (χ4n) is 3.17. The van der Waals surface area contributed by atoms with Gasteiger partial charge >= 0.3 is 0 Å². The van der Waals surface area contributed by atoms with Gasteiger partial charge in [-0.15, -0.1) is 0 Å². The Kier molecular flexibility index (Phi) is 4.28. The maximum Gasteiger partial charge on any atom is 0.144 e. The van der Waals surface area contributed by atoms with E-state index in [0.29, 0.717) is 6.04 Å². The maximum absolute atomic E-state index is 5.44. The third-order valence-electron chi connectivity index (χ3n) is 4.56. The number of ether oxygens (including phenoxy) is 1. The normalized spacial score (nSPS) is 14.2. The molecule has 0 amide bonds. The summed E-state index contributed by atoms with van der Waals surface area (Å²) in [6, 6.07) is 8.61. The second-order valence-electron chi connectivity index (χ2n) is 6.62. The Balaban J connectivity index is 1.51. The van der Waals surface area contributed by atoms with E-state index in [1.807, 2.05) is 53.1 Å². The summed E-state index contributed by atoms with van der Waals surface area (Å²) in [7, 11) is 3.65. The molecule has 0 unspecified atom stereocenters. The van der Waals surface area contributed by atoms with Crippen LogP contribution in [0.4, 0.5) is 0 Å². The number of hydrogen-bond acceptors (Lipinski definition) is 4. The van der Waals surface area contributed by atoms with E-state index in [-0.39, 0.29) is 0 Å². The van der Waals surface area contributed by atoms with Gasteiger partial charge in [0.05, 0.1) is 19.5 Å². The topological polar surface area (TPSA) is 48.1 Å². The van der Waals surface area contributed by atoms with Crippen LogP contribution >= 0.6 is 0 Å². The molecule has 0 saturated heterocycles. The van der Waals surface area contributed by atoms with Crippen molar-refractivity contribution in [3.8, 4) is 11.4 Å². The maximum atomic E-state index is 5.44. The van der Waals surface area contributed by atoms with Gasteiger partial charge in [0.15, 0.2) is 0 Å². The van der Waals surface area contributed by atoms with Gasteiger partial charge in [0.2, 0.25) is 0 Å². The van der Waals surface area contributed by atoms with Crippen LogP contribution in [-0.4, -0.2) is 37.6 Å². The van der Waals surface area contributed by atoms with Crippen molar-refractivity contribution in [2.45, 2.75) is 32.0 Å². The lowest BCUT2D eigenvalue weighted by molar-refractivity contribution is 0.245. The number of nitrogens with zero attached hydrogens (tertiary/aromatic N) is 5. The fourth-order valence-corrected chi connectivity index (χ4v) is 3.17. The average molecular weight is 337 g/mol. The second kappa shape index (κ2) is 6.72. The molecular weight excluding hydrogens is 314 g/mol. The molecule has 1 aromatic carbocycles. The minimum absolute atomic E-state index is 0.676. The van der Waals surface area contributed by atoms with Crippen LogP contribution in [0.2, 0.25) is 0 Å². The minimum Gasteiger partial charge on any atom is -0.494 e. The first kappa shape index (κ1) is 15.9. The zero-order valence-corrected chi connectivity index (χ0v) is 14.7. The fraction of sp³-hybridized carbons (Fsp3) is 0.368. The quantitative estimate of drug-likeness (QED) is 0.665. The number of benzene rings is 1. The van der Waals surface area contributed by atoms with Gasteiger partial charge in [-0.25, -0.2) is 4.68 Å². The van der Waals surface area contributed by atoms with E-state index in [4.69, 9.17) is 4.74 Å². The molecule has 3 aromatic rings. The number of hydrogen-bond donors (Lipinski definition) is 0. The summed E-state index contributed by atoms with van der Waals surface area (Å²) < 4.78 is 9.19. The van der Waals surface area contributed by atoms with Crippen LogP contribution in [0.3, 0.4) is 0 Å². The highest BCUT2D eigenvalue weighted by Crippen LogP contribution is 2.30. The van der Waals surface area contributed by atoms with Crippen LogP contribution in [0, 0.1) is 0 Å². The highest BCUT2D eigenvalue weighted by molar-refractivity contribution is 5.46. The molecule has 25 heavy (non-hydrogen) atoms. The standard InChI is InChI=1S/C19H23N5O/c1-22-11-15(9-20-22)12-23(17-7-8-17)13-16-10-21-24(14-16)18-5-3-4-6-19(18)25-2/h3-6,9-11,14,17H,7-8,12-13H2,1-2H3. The highest BCUT2D eigenvalue weighted by atomic mass is 16.5. The number of aromatic nitrogens is 4. The lowest BCUT2D eigenvalue weighted by Crippen LogP contribution is -2.24. The van der Waals surface area contributed by atoms with Gasteiger partial charge in [-0.1, -0.05) is 12.1 Å². The van der Waals surface area contributed by atoms with Crippen LogP contribution in [0.1, 0.15) is 24.0 Å². The molecule has 1 aliphatic rings. The lowest BCUT2D eigenvalue weighted by atomic mass is 10.2.